The van der Waals surface area contributed by atoms with Gasteiger partial charge in [-0.25, -0.2) is 9.59 Å². The van der Waals surface area contributed by atoms with Crippen molar-refractivity contribution in [1.29, 1.82) is 0 Å². The number of nitrogens with zero attached hydrogens (tertiary/aromatic N) is 1. The maximum absolute atomic E-state index is 12.0. The first kappa shape index (κ1) is 17.4. The van der Waals surface area contributed by atoms with Crippen LogP contribution >= 0.6 is 11.5 Å². The predicted octanol–water partition coefficient (Wildman–Crippen LogP) is 3.48. The molecular weight excluding hydrogens is 344 g/mol. The molecule has 0 bridgehead atoms. The molecule has 1 amide bonds. The number of anilines is 1. The van der Waals surface area contributed by atoms with Gasteiger partial charge in [0, 0.05) is 19.1 Å². The van der Waals surface area contributed by atoms with Crippen molar-refractivity contribution in [3.05, 3.63) is 47.2 Å². The number of nitrogens with one attached hydrogen (secondary N) is 1. The van der Waals surface area contributed by atoms with Crippen molar-refractivity contribution in [1.82, 2.24) is 4.37 Å². The second kappa shape index (κ2) is 8.09. The summed E-state index contributed by atoms with van der Waals surface area (Å²) in [7, 11) is 0. The Morgan fingerprint density at radius 1 is 1.28 bits per heavy atom. The third-order valence-electron chi connectivity index (χ3n) is 3.97. The highest BCUT2D eigenvalue weighted by molar-refractivity contribution is 7.11. The molecule has 1 aromatic heterocycles. The number of amides is 1. The van der Waals surface area contributed by atoms with Crippen LogP contribution in [0.5, 0.6) is 0 Å². The molecule has 0 aliphatic carbocycles. The molecule has 7 nitrogen and oxygen atoms in total. The summed E-state index contributed by atoms with van der Waals surface area (Å²) in [5.41, 5.74) is 1.41. The van der Waals surface area contributed by atoms with Crippen LogP contribution in [-0.2, 0) is 16.1 Å². The zero-order valence-corrected chi connectivity index (χ0v) is 14.3. The van der Waals surface area contributed by atoms with Gasteiger partial charge in [0.25, 0.3) is 0 Å². The lowest BCUT2D eigenvalue weighted by molar-refractivity contribution is 0.0685. The lowest BCUT2D eigenvalue weighted by Crippen LogP contribution is -2.18. The van der Waals surface area contributed by atoms with E-state index in [-0.39, 0.29) is 23.1 Å². The molecule has 8 heteroatoms. The van der Waals surface area contributed by atoms with Crippen molar-refractivity contribution in [2.45, 2.75) is 25.4 Å². The molecule has 132 valence electrons. The van der Waals surface area contributed by atoms with E-state index >= 15 is 0 Å². The third-order valence-corrected chi connectivity index (χ3v) is 4.75. The van der Waals surface area contributed by atoms with E-state index in [0.29, 0.717) is 18.9 Å². The normalized spacial score (nSPS) is 14.9. The highest BCUT2D eigenvalue weighted by Gasteiger charge is 2.28. The molecule has 2 heterocycles. The summed E-state index contributed by atoms with van der Waals surface area (Å²) in [5, 5.41) is 12.2. The fourth-order valence-corrected chi connectivity index (χ4v) is 3.54. The van der Waals surface area contributed by atoms with E-state index in [1.165, 1.54) is 0 Å². The van der Waals surface area contributed by atoms with E-state index in [0.717, 1.165) is 29.9 Å². The Labute approximate surface area is 148 Å². The van der Waals surface area contributed by atoms with Crippen molar-refractivity contribution in [2.24, 2.45) is 0 Å². The van der Waals surface area contributed by atoms with E-state index in [2.05, 4.69) is 9.69 Å². The number of rotatable bonds is 5. The van der Waals surface area contributed by atoms with E-state index in [9.17, 15) is 14.7 Å². The lowest BCUT2D eigenvalue weighted by atomic mass is 9.94. The van der Waals surface area contributed by atoms with Gasteiger partial charge in [0.05, 0.1) is 5.69 Å². The molecule has 1 saturated heterocycles. The molecule has 1 aromatic carbocycles. The van der Waals surface area contributed by atoms with E-state index in [4.69, 9.17) is 9.47 Å². The van der Waals surface area contributed by atoms with Crippen molar-refractivity contribution in [3.63, 3.8) is 0 Å². The number of carbonyl (C=O) groups excluding carboxylic acids is 1. The number of hydrogen-bond acceptors (Lipinski definition) is 6. The van der Waals surface area contributed by atoms with Gasteiger partial charge in [0.2, 0.25) is 0 Å². The minimum atomic E-state index is -1.10. The Morgan fingerprint density at radius 3 is 2.68 bits per heavy atom. The standard InChI is InChI=1S/C17H18N2O5S/c20-16(21)13-14(12-6-8-23-9-7-12)19-25-15(13)18-17(22)24-10-11-4-2-1-3-5-11/h1-5,12H,6-10H2,(H,18,22)(H,20,21). The van der Waals surface area contributed by atoms with Crippen LogP contribution in [-0.4, -0.2) is 34.8 Å². The largest absolute Gasteiger partial charge is 0.478 e. The number of benzene rings is 1. The maximum atomic E-state index is 12.0. The smallest absolute Gasteiger partial charge is 0.412 e. The average molecular weight is 362 g/mol. The number of aromatic nitrogens is 1. The number of carboxylic acids is 1. The highest BCUT2D eigenvalue weighted by Crippen LogP contribution is 2.35. The highest BCUT2D eigenvalue weighted by atomic mass is 32.1. The van der Waals surface area contributed by atoms with Gasteiger partial charge < -0.3 is 14.6 Å². The molecule has 0 saturated carbocycles. The van der Waals surface area contributed by atoms with Gasteiger partial charge in [-0.15, -0.1) is 0 Å². The lowest BCUT2D eigenvalue weighted by Gasteiger charge is -2.20. The zero-order valence-electron chi connectivity index (χ0n) is 13.4. The molecule has 2 N–H and O–H groups in total. The molecule has 0 spiro atoms. The van der Waals surface area contributed by atoms with Gasteiger partial charge in [-0.3, -0.25) is 5.32 Å². The van der Waals surface area contributed by atoms with Gasteiger partial charge in [-0.05, 0) is 29.9 Å². The van der Waals surface area contributed by atoms with Gasteiger partial charge in [0.1, 0.15) is 17.2 Å². The van der Waals surface area contributed by atoms with Crippen LogP contribution in [0.25, 0.3) is 0 Å². The summed E-state index contributed by atoms with van der Waals surface area (Å²) >= 11 is 0.965. The molecule has 25 heavy (non-hydrogen) atoms. The number of ether oxygens (including phenoxy) is 2. The zero-order chi connectivity index (χ0) is 17.6. The Hall–Kier alpha value is -2.45. The van der Waals surface area contributed by atoms with Gasteiger partial charge in [0.15, 0.2) is 0 Å². The first-order valence-corrected chi connectivity index (χ1v) is 8.71. The first-order valence-electron chi connectivity index (χ1n) is 7.93. The van der Waals surface area contributed by atoms with E-state index in [1.807, 2.05) is 30.3 Å². The summed E-state index contributed by atoms with van der Waals surface area (Å²) in [6.07, 6.45) is 0.748. The monoisotopic (exact) mass is 362 g/mol. The molecule has 3 rings (SSSR count). The minimum absolute atomic E-state index is 0.0342. The second-order valence-electron chi connectivity index (χ2n) is 5.65. The fourth-order valence-electron chi connectivity index (χ4n) is 2.70. The third kappa shape index (κ3) is 4.34. The topological polar surface area (TPSA) is 97.8 Å². The fraction of sp³-hybridized carbons (Fsp3) is 0.353. The molecule has 1 aliphatic heterocycles. The van der Waals surface area contributed by atoms with Gasteiger partial charge >= 0.3 is 12.1 Å². The van der Waals surface area contributed by atoms with E-state index in [1.54, 1.807) is 0 Å². The van der Waals surface area contributed by atoms with Crippen LogP contribution in [0.2, 0.25) is 0 Å². The molecule has 1 aliphatic rings. The van der Waals surface area contributed by atoms with Crippen LogP contribution in [0.3, 0.4) is 0 Å². The quantitative estimate of drug-likeness (QED) is 0.845. The first-order chi connectivity index (χ1) is 12.1. The Kier molecular flexibility index (Phi) is 5.62. The summed E-state index contributed by atoms with van der Waals surface area (Å²) in [4.78, 5) is 23.6. The Balaban J connectivity index is 1.68. The van der Waals surface area contributed by atoms with Crippen LogP contribution in [0.1, 0.15) is 40.4 Å². The average Bonchev–Trinajstić information content (AvgIpc) is 3.05. The molecule has 0 atom stereocenters. The van der Waals surface area contributed by atoms with Crippen LogP contribution in [0.4, 0.5) is 9.80 Å². The summed E-state index contributed by atoms with van der Waals surface area (Å²) in [6, 6.07) is 9.25. The van der Waals surface area contributed by atoms with Crippen LogP contribution in [0.15, 0.2) is 30.3 Å². The Morgan fingerprint density at radius 2 is 2.00 bits per heavy atom. The molecule has 2 aromatic rings. The summed E-state index contributed by atoms with van der Waals surface area (Å²) < 4.78 is 14.7. The Bertz CT molecular complexity index is 741. The van der Waals surface area contributed by atoms with Crippen molar-refractivity contribution in [2.75, 3.05) is 18.5 Å². The van der Waals surface area contributed by atoms with Crippen molar-refractivity contribution in [3.8, 4) is 0 Å². The molecule has 1 fully saturated rings. The predicted molar refractivity (Wildman–Crippen MR) is 92.1 cm³/mol. The summed E-state index contributed by atoms with van der Waals surface area (Å²) in [5.74, 6) is -1.07. The maximum Gasteiger partial charge on any atom is 0.412 e. The number of aromatic carboxylic acids is 1. The minimum Gasteiger partial charge on any atom is -0.478 e. The van der Waals surface area contributed by atoms with E-state index < -0.39 is 12.1 Å². The van der Waals surface area contributed by atoms with Gasteiger partial charge in [-0.2, -0.15) is 4.37 Å². The molecular formula is C17H18N2O5S. The van der Waals surface area contributed by atoms with Crippen LogP contribution in [0, 0.1) is 0 Å². The summed E-state index contributed by atoms with van der Waals surface area (Å²) in [6.45, 7) is 1.28. The van der Waals surface area contributed by atoms with Crippen molar-refractivity contribution >= 4 is 28.6 Å². The number of carboxylic acid groups (broad SMARTS) is 1. The second-order valence-corrected chi connectivity index (χ2v) is 6.42. The molecule has 0 radical (unpaired) electrons. The number of carbonyl (C=O) groups is 2. The van der Waals surface area contributed by atoms with Gasteiger partial charge in [-0.1, -0.05) is 30.3 Å². The molecule has 0 unspecified atom stereocenters. The SMILES string of the molecule is O=C(Nc1snc(C2CCOCC2)c1C(=O)O)OCc1ccccc1. The van der Waals surface area contributed by atoms with Crippen LogP contribution < -0.4 is 5.32 Å². The van der Waals surface area contributed by atoms with Crippen molar-refractivity contribution < 1.29 is 24.2 Å². The number of hydrogen-bond donors (Lipinski definition) is 2.